The maximum Gasteiger partial charge on any atom is 0.162 e. The topological polar surface area (TPSA) is 35.5 Å². The van der Waals surface area contributed by atoms with Crippen molar-refractivity contribution in [2.45, 2.75) is 34.1 Å². The van der Waals surface area contributed by atoms with Crippen LogP contribution in [0.5, 0.6) is 11.5 Å². The van der Waals surface area contributed by atoms with Gasteiger partial charge < -0.3 is 9.47 Å². The first-order valence-electron chi connectivity index (χ1n) is 8.18. The number of carbonyl (C=O) groups is 1. The molecule has 3 nitrogen and oxygen atoms in total. The van der Waals surface area contributed by atoms with Crippen LogP contribution in [0.25, 0.3) is 0 Å². The van der Waals surface area contributed by atoms with Gasteiger partial charge in [0.15, 0.2) is 11.5 Å². The van der Waals surface area contributed by atoms with Gasteiger partial charge in [0.1, 0.15) is 15.8 Å². The lowest BCUT2D eigenvalue weighted by Crippen LogP contribution is -2.07. The molecule has 0 amide bonds. The van der Waals surface area contributed by atoms with Gasteiger partial charge in [-0.25, -0.2) is 0 Å². The molecule has 0 bridgehead atoms. The number of carbonyl (C=O) groups excluding carboxylic acids is 1. The van der Waals surface area contributed by atoms with Crippen LogP contribution < -0.4 is 9.47 Å². The molecular weight excluding hydrogens is 465 g/mol. The summed E-state index contributed by atoms with van der Waals surface area (Å²) in [6.45, 7) is 4.41. The van der Waals surface area contributed by atoms with Crippen LogP contribution in [0.15, 0.2) is 18.2 Å². The summed E-state index contributed by atoms with van der Waals surface area (Å²) in [7, 11) is 0. The molecule has 8 heteroatoms. The molecule has 0 radical (unpaired) electrons. The molecule has 2 aromatic carbocycles. The Balaban J connectivity index is 0.00000392. The van der Waals surface area contributed by atoms with Crippen molar-refractivity contribution in [3.63, 3.8) is 0 Å². The Kier molecular flexibility index (Phi) is 10.2. The molecule has 0 fully saturated rings. The molecule has 0 heterocycles. The molecule has 0 aliphatic heterocycles. The molecule has 0 saturated carbocycles. The number of hydrogen-bond donors (Lipinski definition) is 0. The Morgan fingerprint density at radius 2 is 1.43 bits per heavy atom. The molecule has 0 saturated heterocycles. The van der Waals surface area contributed by atoms with Crippen LogP contribution in [-0.4, -0.2) is 19.0 Å². The second-order valence-electron chi connectivity index (χ2n) is 5.71. The van der Waals surface area contributed by atoms with E-state index in [4.69, 9.17) is 67.5 Å². The average molecular weight is 487 g/mol. The molecule has 0 N–H and O–H groups in total. The van der Waals surface area contributed by atoms with Gasteiger partial charge in [-0.15, -0.1) is 0 Å². The third-order valence-corrected chi connectivity index (χ3v) is 6.04. The number of ketones is 1. The monoisotopic (exact) mass is 484 g/mol. The molecule has 0 unspecified atom stereocenters. The lowest BCUT2D eigenvalue weighted by atomic mass is 10.1. The molecule has 0 aliphatic rings. The van der Waals surface area contributed by atoms with Gasteiger partial charge in [0, 0.05) is 18.4 Å². The summed E-state index contributed by atoms with van der Waals surface area (Å²) < 4.78 is 11.4. The fraction of sp³-hybridized carbons (Fsp3) is 0.350. The second-order valence-corrected chi connectivity index (χ2v) is 7.60. The second kappa shape index (κ2) is 11.4. The highest BCUT2D eigenvalue weighted by atomic mass is 35.5. The largest absolute Gasteiger partial charge is 0.493 e. The van der Waals surface area contributed by atoms with Gasteiger partial charge in [-0.1, -0.05) is 84.5 Å². The van der Waals surface area contributed by atoms with Gasteiger partial charge >= 0.3 is 0 Å². The normalized spacial score (nSPS) is 10.4. The van der Waals surface area contributed by atoms with E-state index in [-0.39, 0.29) is 50.7 Å². The van der Waals surface area contributed by atoms with E-state index in [2.05, 4.69) is 0 Å². The molecule has 0 atom stereocenters. The minimum atomic E-state index is 0. The van der Waals surface area contributed by atoms with Crippen LogP contribution in [0.1, 0.15) is 43.1 Å². The zero-order valence-corrected chi connectivity index (χ0v) is 18.5. The molecule has 0 aliphatic carbocycles. The van der Waals surface area contributed by atoms with Gasteiger partial charge in [0.05, 0.1) is 28.3 Å². The molecular formula is C20H21Cl5O3. The zero-order valence-electron chi connectivity index (χ0n) is 14.7. The first-order valence-corrected chi connectivity index (χ1v) is 10.1. The molecule has 0 spiro atoms. The van der Waals surface area contributed by atoms with E-state index < -0.39 is 0 Å². The van der Waals surface area contributed by atoms with Gasteiger partial charge in [0.2, 0.25) is 0 Å². The average Bonchev–Trinajstić information content (AvgIpc) is 2.67. The van der Waals surface area contributed by atoms with E-state index in [0.717, 1.165) is 5.56 Å². The number of rotatable bonds is 8. The molecule has 2 rings (SSSR count). The summed E-state index contributed by atoms with van der Waals surface area (Å²) in [6, 6.07) is 5.43. The number of Topliss-reactive ketones (excluding diaryl/α,β-unsaturated/α-hetero) is 1. The number of ether oxygens (including phenoxy) is 2. The minimum Gasteiger partial charge on any atom is -0.493 e. The van der Waals surface area contributed by atoms with Gasteiger partial charge in [-0.05, 0) is 18.6 Å². The minimum absolute atomic E-state index is 0. The highest BCUT2D eigenvalue weighted by Crippen LogP contribution is 2.48. The van der Waals surface area contributed by atoms with Gasteiger partial charge in [0.25, 0.3) is 0 Å². The van der Waals surface area contributed by atoms with Crippen LogP contribution in [0.2, 0.25) is 25.1 Å². The quantitative estimate of drug-likeness (QED) is 0.163. The third-order valence-electron chi connectivity index (χ3n) is 3.79. The number of halogens is 5. The Morgan fingerprint density at radius 3 is 2.00 bits per heavy atom. The summed E-state index contributed by atoms with van der Waals surface area (Å²) in [5, 5.41) is 0.484. The van der Waals surface area contributed by atoms with Crippen LogP contribution in [-0.2, 0) is 0 Å². The summed E-state index contributed by atoms with van der Waals surface area (Å²) in [5.41, 5.74) is 1.59. The van der Waals surface area contributed by atoms with E-state index in [1.807, 2.05) is 19.9 Å². The first kappa shape index (κ1) is 25.2. The fourth-order valence-corrected chi connectivity index (χ4v) is 3.49. The van der Waals surface area contributed by atoms with E-state index >= 15 is 0 Å². The van der Waals surface area contributed by atoms with Crippen molar-refractivity contribution < 1.29 is 14.3 Å². The summed E-state index contributed by atoms with van der Waals surface area (Å²) in [5.74, 6) is 0.927. The third kappa shape index (κ3) is 5.84. The van der Waals surface area contributed by atoms with Crippen LogP contribution in [0, 0.1) is 6.92 Å². The number of benzene rings is 2. The predicted molar refractivity (Wildman–Crippen MR) is 120 cm³/mol. The smallest absolute Gasteiger partial charge is 0.162 e. The SMILES string of the molecule is C.CCC(=O)c1ccc(C)c(OCCCOc2c(Cl)c(Cl)c(Cl)c(Cl)c2Cl)c1. The maximum atomic E-state index is 11.8. The van der Waals surface area contributed by atoms with Gasteiger partial charge in [-0.2, -0.15) is 0 Å². The van der Waals surface area contributed by atoms with Crippen molar-refractivity contribution in [3.8, 4) is 11.5 Å². The lowest BCUT2D eigenvalue weighted by Gasteiger charge is -2.14. The highest BCUT2D eigenvalue weighted by molar-refractivity contribution is 6.55. The van der Waals surface area contributed by atoms with Crippen molar-refractivity contribution in [3.05, 3.63) is 54.4 Å². The van der Waals surface area contributed by atoms with Crippen molar-refractivity contribution in [2.75, 3.05) is 13.2 Å². The van der Waals surface area contributed by atoms with Crippen molar-refractivity contribution >= 4 is 63.8 Å². The van der Waals surface area contributed by atoms with Crippen LogP contribution in [0.3, 0.4) is 0 Å². The lowest BCUT2D eigenvalue weighted by molar-refractivity contribution is 0.0987. The van der Waals surface area contributed by atoms with E-state index in [0.29, 0.717) is 30.8 Å². The molecule has 28 heavy (non-hydrogen) atoms. The molecule has 154 valence electrons. The fourth-order valence-electron chi connectivity index (χ4n) is 2.26. The Bertz CT molecular complexity index is 823. The van der Waals surface area contributed by atoms with Crippen molar-refractivity contribution in [1.82, 2.24) is 0 Å². The Labute approximate surface area is 190 Å². The maximum absolute atomic E-state index is 11.8. The molecule has 2 aromatic rings. The zero-order chi connectivity index (χ0) is 20.1. The molecule has 0 aromatic heterocycles. The van der Waals surface area contributed by atoms with Crippen molar-refractivity contribution in [2.24, 2.45) is 0 Å². The summed E-state index contributed by atoms with van der Waals surface area (Å²) in [4.78, 5) is 11.8. The highest BCUT2D eigenvalue weighted by Gasteiger charge is 2.20. The Hall–Kier alpha value is -0.840. The van der Waals surface area contributed by atoms with Crippen LogP contribution >= 0.6 is 58.0 Å². The Morgan fingerprint density at radius 1 is 0.893 bits per heavy atom. The predicted octanol–water partition coefficient (Wildman–Crippen LogP) is 8.34. The van der Waals surface area contributed by atoms with Gasteiger partial charge in [-0.3, -0.25) is 4.79 Å². The number of hydrogen-bond acceptors (Lipinski definition) is 3. The summed E-state index contributed by atoms with van der Waals surface area (Å²) in [6.07, 6.45) is 1.000. The first-order chi connectivity index (χ1) is 12.8. The van der Waals surface area contributed by atoms with Crippen molar-refractivity contribution in [1.29, 1.82) is 0 Å². The standard InChI is InChI=1S/C19H17Cl5O3.CH4/c1-3-12(25)11-6-5-10(2)13(9-11)26-7-4-8-27-19-17(23)15(21)14(20)16(22)18(19)24;/h5-6,9H,3-4,7-8H2,1-2H3;1H4. The van der Waals surface area contributed by atoms with E-state index in [1.54, 1.807) is 12.1 Å². The van der Waals surface area contributed by atoms with Crippen LogP contribution in [0.4, 0.5) is 0 Å². The van der Waals surface area contributed by atoms with E-state index in [9.17, 15) is 4.79 Å². The number of aryl methyl sites for hydroxylation is 1. The summed E-state index contributed by atoms with van der Waals surface area (Å²) >= 11 is 30.2. The van der Waals surface area contributed by atoms with E-state index in [1.165, 1.54) is 0 Å².